The number of aromatic nitrogens is 4. The number of methoxy groups -OCH3 is 1. The lowest BCUT2D eigenvalue weighted by atomic mass is 10.2. The molecular weight excluding hydrogens is 478 g/mol. The summed E-state index contributed by atoms with van der Waals surface area (Å²) in [4.78, 5) is 4.11. The predicted molar refractivity (Wildman–Crippen MR) is 125 cm³/mol. The van der Waals surface area contributed by atoms with Gasteiger partial charge in [-0.2, -0.15) is 5.10 Å². The second-order valence-corrected chi connectivity index (χ2v) is 7.89. The van der Waals surface area contributed by atoms with Gasteiger partial charge in [-0.1, -0.05) is 36.4 Å². The molecule has 2 aromatic carbocycles. The summed E-state index contributed by atoms with van der Waals surface area (Å²) in [5.74, 6) is 1.99. The molecule has 0 aliphatic rings. The molecule has 0 spiro atoms. The molecule has 0 fully saturated rings. The van der Waals surface area contributed by atoms with Gasteiger partial charge >= 0.3 is 0 Å². The maximum Gasteiger partial charge on any atom is 0.214 e. The maximum absolute atomic E-state index is 5.98. The number of hydrogen-bond acceptors (Lipinski definition) is 6. The molecule has 0 bridgehead atoms. The van der Waals surface area contributed by atoms with Crippen LogP contribution in [0.3, 0.4) is 0 Å². The molecule has 4 aromatic rings. The molecule has 0 amide bonds. The number of H-pyrrole nitrogens is 1. The Hall–Kier alpha value is -3.17. The Morgan fingerprint density at radius 1 is 1.13 bits per heavy atom. The average Bonchev–Trinajstić information content (AvgIpc) is 3.18. The summed E-state index contributed by atoms with van der Waals surface area (Å²) in [5.41, 5.74) is 6.25. The fraction of sp³-hybridized carbons (Fsp3) is 0.136. The molecule has 0 atom stereocenters. The number of rotatable bonds is 8. The highest BCUT2D eigenvalue weighted by Crippen LogP contribution is 2.37. The predicted octanol–water partition coefficient (Wildman–Crippen LogP) is 5.10. The number of nitrogens with one attached hydrogen (secondary N) is 2. The van der Waals surface area contributed by atoms with Crippen molar-refractivity contribution in [3.63, 3.8) is 0 Å². The minimum absolute atomic E-state index is 0.394. The molecule has 0 saturated carbocycles. The molecule has 0 unspecified atom stereocenters. The van der Waals surface area contributed by atoms with Gasteiger partial charge in [-0.25, -0.2) is 9.77 Å². The maximum atomic E-state index is 5.98. The van der Waals surface area contributed by atoms with E-state index in [1.54, 1.807) is 24.2 Å². The second-order valence-electron chi connectivity index (χ2n) is 6.65. The van der Waals surface area contributed by atoms with E-state index >= 15 is 0 Å². The minimum atomic E-state index is 0.394. The lowest BCUT2D eigenvalue weighted by Crippen LogP contribution is -2.16. The van der Waals surface area contributed by atoms with E-state index in [9.17, 15) is 0 Å². The summed E-state index contributed by atoms with van der Waals surface area (Å²) in [5, 5.41) is 7.18. The summed E-state index contributed by atoms with van der Waals surface area (Å²) in [7, 11) is 1.62. The molecule has 0 saturated heterocycles. The van der Waals surface area contributed by atoms with Gasteiger partial charge in [0.25, 0.3) is 0 Å². The third kappa shape index (κ3) is 4.95. The Balaban J connectivity index is 1.52. The van der Waals surface area contributed by atoms with Crippen LogP contribution in [0.2, 0.25) is 0 Å². The standard InChI is InChI=1S/C22H20BrN5O2S/c1-29-19-11-16(10-18(23)20(19)30-14-15-6-5-9-24-12-15)13-25-28-21(26-27-22(28)31)17-7-3-2-4-8-17/h2-12,25H,13-14H2,1H3,(H,27,31). The van der Waals surface area contributed by atoms with Crippen molar-refractivity contribution in [2.45, 2.75) is 13.2 Å². The Morgan fingerprint density at radius 2 is 1.97 bits per heavy atom. The third-order valence-electron chi connectivity index (χ3n) is 4.54. The lowest BCUT2D eigenvalue weighted by molar-refractivity contribution is 0.282. The van der Waals surface area contributed by atoms with Crippen LogP contribution in [0.4, 0.5) is 0 Å². The molecule has 0 radical (unpaired) electrons. The number of hydrogen-bond donors (Lipinski definition) is 2. The van der Waals surface area contributed by atoms with Crippen molar-refractivity contribution in [3.05, 3.63) is 87.4 Å². The topological polar surface area (TPSA) is 77.0 Å². The van der Waals surface area contributed by atoms with Crippen molar-refractivity contribution in [2.75, 3.05) is 12.5 Å². The van der Waals surface area contributed by atoms with Gasteiger partial charge in [0.1, 0.15) is 6.61 Å². The number of halogens is 1. The monoisotopic (exact) mass is 497 g/mol. The highest BCUT2D eigenvalue weighted by atomic mass is 79.9. The van der Waals surface area contributed by atoms with Crippen molar-refractivity contribution in [3.8, 4) is 22.9 Å². The van der Waals surface area contributed by atoms with E-state index in [1.807, 2.05) is 54.6 Å². The Bertz CT molecular complexity index is 1210. The molecule has 31 heavy (non-hydrogen) atoms. The zero-order valence-corrected chi connectivity index (χ0v) is 19.1. The van der Waals surface area contributed by atoms with Gasteiger partial charge in [-0.3, -0.25) is 4.98 Å². The second kappa shape index (κ2) is 9.76. The molecule has 9 heteroatoms. The first-order valence-corrected chi connectivity index (χ1v) is 10.7. The summed E-state index contributed by atoms with van der Waals surface area (Å²) >= 11 is 8.99. The largest absolute Gasteiger partial charge is 0.493 e. The molecule has 7 nitrogen and oxygen atoms in total. The van der Waals surface area contributed by atoms with E-state index in [4.69, 9.17) is 21.7 Å². The number of benzene rings is 2. The zero-order chi connectivity index (χ0) is 21.6. The summed E-state index contributed by atoms with van der Waals surface area (Å²) in [6.07, 6.45) is 3.51. The Kier molecular flexibility index (Phi) is 6.63. The van der Waals surface area contributed by atoms with E-state index in [-0.39, 0.29) is 0 Å². The van der Waals surface area contributed by atoms with Gasteiger partial charge in [0.15, 0.2) is 17.3 Å². The first kappa shape index (κ1) is 21.1. The lowest BCUT2D eigenvalue weighted by Gasteiger charge is -2.15. The quantitative estimate of drug-likeness (QED) is 0.330. The number of ether oxygens (including phenoxy) is 2. The van der Waals surface area contributed by atoms with Gasteiger partial charge in [0.05, 0.1) is 18.1 Å². The molecule has 4 rings (SSSR count). The normalized spacial score (nSPS) is 10.6. The number of nitrogens with zero attached hydrogens (tertiary/aromatic N) is 3. The smallest absolute Gasteiger partial charge is 0.214 e. The minimum Gasteiger partial charge on any atom is -0.493 e. The molecular formula is C22H20BrN5O2S. The van der Waals surface area contributed by atoms with Gasteiger partial charge in [-0.15, -0.1) is 0 Å². The van der Waals surface area contributed by atoms with Gasteiger partial charge in [0, 0.05) is 23.5 Å². The van der Waals surface area contributed by atoms with E-state index in [0.29, 0.717) is 35.2 Å². The summed E-state index contributed by atoms with van der Waals surface area (Å²) in [6, 6.07) is 17.6. The molecule has 2 aromatic heterocycles. The van der Waals surface area contributed by atoms with E-state index in [2.05, 4.69) is 36.5 Å². The third-order valence-corrected chi connectivity index (χ3v) is 5.40. The molecule has 2 heterocycles. The number of pyridine rings is 1. The summed E-state index contributed by atoms with van der Waals surface area (Å²) < 4.78 is 14.6. The van der Waals surface area contributed by atoms with Crippen LogP contribution in [0, 0.1) is 4.77 Å². The molecule has 158 valence electrons. The molecule has 2 N–H and O–H groups in total. The van der Waals surface area contributed by atoms with Crippen molar-refractivity contribution in [1.29, 1.82) is 0 Å². The number of aromatic amines is 1. The van der Waals surface area contributed by atoms with Crippen LogP contribution in [0.25, 0.3) is 11.4 Å². The molecule has 0 aliphatic carbocycles. The van der Waals surface area contributed by atoms with Crippen molar-refractivity contribution < 1.29 is 9.47 Å². The van der Waals surface area contributed by atoms with E-state index in [1.165, 1.54) is 0 Å². The van der Waals surface area contributed by atoms with Crippen LogP contribution in [0.1, 0.15) is 11.1 Å². The van der Waals surface area contributed by atoms with Crippen molar-refractivity contribution in [1.82, 2.24) is 19.9 Å². The fourth-order valence-electron chi connectivity index (χ4n) is 3.05. The van der Waals surface area contributed by atoms with Gasteiger partial charge in [0.2, 0.25) is 4.77 Å². The van der Waals surface area contributed by atoms with E-state index < -0.39 is 0 Å². The van der Waals surface area contributed by atoms with Crippen LogP contribution in [-0.4, -0.2) is 27.0 Å². The van der Waals surface area contributed by atoms with E-state index in [0.717, 1.165) is 21.2 Å². The van der Waals surface area contributed by atoms with Crippen molar-refractivity contribution in [2.24, 2.45) is 0 Å². The highest BCUT2D eigenvalue weighted by Gasteiger charge is 2.13. The van der Waals surface area contributed by atoms with Crippen LogP contribution >= 0.6 is 28.1 Å². The van der Waals surface area contributed by atoms with Crippen LogP contribution in [0.15, 0.2) is 71.5 Å². The molecule has 0 aliphatic heterocycles. The SMILES string of the molecule is COc1cc(CNn2c(-c3ccccc3)n[nH]c2=S)cc(Br)c1OCc1cccnc1. The first-order valence-electron chi connectivity index (χ1n) is 9.50. The summed E-state index contributed by atoms with van der Waals surface area (Å²) in [6.45, 7) is 0.899. The fourth-order valence-corrected chi connectivity index (χ4v) is 3.85. The van der Waals surface area contributed by atoms with Crippen LogP contribution in [-0.2, 0) is 13.2 Å². The van der Waals surface area contributed by atoms with Crippen LogP contribution < -0.4 is 14.9 Å². The van der Waals surface area contributed by atoms with Gasteiger partial charge in [-0.05, 0) is 51.9 Å². The zero-order valence-electron chi connectivity index (χ0n) is 16.7. The Labute approximate surface area is 193 Å². The first-order chi connectivity index (χ1) is 15.2. The Morgan fingerprint density at radius 3 is 2.71 bits per heavy atom. The van der Waals surface area contributed by atoms with Crippen molar-refractivity contribution >= 4 is 28.1 Å². The van der Waals surface area contributed by atoms with Gasteiger partial charge < -0.3 is 14.9 Å². The highest BCUT2D eigenvalue weighted by molar-refractivity contribution is 9.10. The average molecular weight is 498 g/mol. The van der Waals surface area contributed by atoms with Crippen LogP contribution in [0.5, 0.6) is 11.5 Å².